The molecule has 0 spiro atoms. The Balaban J connectivity index is 2.19. The van der Waals surface area contributed by atoms with Gasteiger partial charge in [-0.15, -0.1) is 6.58 Å². The topological polar surface area (TPSA) is 70.9 Å². The first-order chi connectivity index (χ1) is 12.0. The minimum Gasteiger partial charge on any atom is -0.507 e. The van der Waals surface area contributed by atoms with Crippen LogP contribution in [0.15, 0.2) is 48.1 Å². The van der Waals surface area contributed by atoms with Crippen molar-refractivity contribution in [3.05, 3.63) is 69.7 Å². The van der Waals surface area contributed by atoms with Crippen LogP contribution in [0.4, 0.5) is 0 Å². The highest BCUT2D eigenvalue weighted by Crippen LogP contribution is 2.32. The number of amides is 1. The van der Waals surface area contributed by atoms with E-state index in [4.69, 9.17) is 27.9 Å². The SMILES string of the molecule is C=CCc1cccc(/C=N/NC(=O)c2cc(Cl)cc(Cl)c2OC)c1O. The lowest BCUT2D eigenvalue weighted by atomic mass is 10.1. The summed E-state index contributed by atoms with van der Waals surface area (Å²) in [6.45, 7) is 3.64. The van der Waals surface area contributed by atoms with Gasteiger partial charge in [-0.1, -0.05) is 41.4 Å². The number of ether oxygens (including phenoxy) is 1. The number of phenolic OH excluding ortho intramolecular Hbond substituents is 1. The number of hydrogen-bond donors (Lipinski definition) is 2. The van der Waals surface area contributed by atoms with Crippen LogP contribution in [0, 0.1) is 0 Å². The van der Waals surface area contributed by atoms with E-state index in [1.54, 1.807) is 24.3 Å². The van der Waals surface area contributed by atoms with Gasteiger partial charge in [-0.3, -0.25) is 4.79 Å². The number of carbonyl (C=O) groups is 1. The van der Waals surface area contributed by atoms with Crippen LogP contribution in [0.5, 0.6) is 11.5 Å². The van der Waals surface area contributed by atoms with E-state index in [2.05, 4.69) is 17.1 Å². The van der Waals surface area contributed by atoms with Crippen LogP contribution in [0.1, 0.15) is 21.5 Å². The number of para-hydroxylation sites is 1. The van der Waals surface area contributed by atoms with E-state index in [1.165, 1.54) is 25.5 Å². The highest BCUT2D eigenvalue weighted by atomic mass is 35.5. The summed E-state index contributed by atoms with van der Waals surface area (Å²) in [4.78, 5) is 12.3. The molecule has 0 atom stereocenters. The van der Waals surface area contributed by atoms with Crippen LogP contribution in [-0.2, 0) is 6.42 Å². The number of allylic oxidation sites excluding steroid dienone is 1. The van der Waals surface area contributed by atoms with E-state index in [1.807, 2.05) is 0 Å². The number of rotatable bonds is 6. The van der Waals surface area contributed by atoms with Gasteiger partial charge >= 0.3 is 0 Å². The molecule has 1 amide bonds. The largest absolute Gasteiger partial charge is 0.507 e. The number of nitrogens with one attached hydrogen (secondary N) is 1. The Morgan fingerprint density at radius 2 is 2.16 bits per heavy atom. The second-order valence-electron chi connectivity index (χ2n) is 5.02. The van der Waals surface area contributed by atoms with Gasteiger partial charge in [-0.05, 0) is 30.2 Å². The predicted molar refractivity (Wildman–Crippen MR) is 100 cm³/mol. The van der Waals surface area contributed by atoms with Crippen molar-refractivity contribution in [2.24, 2.45) is 5.10 Å². The normalized spacial score (nSPS) is 10.7. The van der Waals surface area contributed by atoms with E-state index >= 15 is 0 Å². The van der Waals surface area contributed by atoms with Gasteiger partial charge in [0.25, 0.3) is 5.91 Å². The molecule has 0 aliphatic carbocycles. The summed E-state index contributed by atoms with van der Waals surface area (Å²) < 4.78 is 5.13. The molecule has 25 heavy (non-hydrogen) atoms. The molecule has 0 aliphatic rings. The van der Waals surface area contributed by atoms with Crippen molar-refractivity contribution in [2.45, 2.75) is 6.42 Å². The summed E-state index contributed by atoms with van der Waals surface area (Å²) >= 11 is 11.9. The predicted octanol–water partition coefficient (Wildman–Crippen LogP) is 4.20. The maximum Gasteiger partial charge on any atom is 0.275 e. The van der Waals surface area contributed by atoms with E-state index in [9.17, 15) is 9.90 Å². The summed E-state index contributed by atoms with van der Waals surface area (Å²) in [5.74, 6) is -0.252. The average Bonchev–Trinajstić information content (AvgIpc) is 2.57. The molecule has 2 aromatic rings. The van der Waals surface area contributed by atoms with Crippen LogP contribution in [0.3, 0.4) is 0 Å². The Bertz CT molecular complexity index is 835. The van der Waals surface area contributed by atoms with Gasteiger partial charge in [0.1, 0.15) is 11.5 Å². The minimum atomic E-state index is -0.542. The highest BCUT2D eigenvalue weighted by Gasteiger charge is 2.16. The number of hydrogen-bond acceptors (Lipinski definition) is 4. The summed E-state index contributed by atoms with van der Waals surface area (Å²) in [7, 11) is 1.40. The van der Waals surface area contributed by atoms with Gasteiger partial charge in [0.2, 0.25) is 0 Å². The fourth-order valence-corrected chi connectivity index (χ4v) is 2.76. The first kappa shape index (κ1) is 18.8. The maximum absolute atomic E-state index is 12.3. The fourth-order valence-electron chi connectivity index (χ4n) is 2.19. The summed E-state index contributed by atoms with van der Waals surface area (Å²) in [5, 5.41) is 14.5. The number of methoxy groups -OCH3 is 1. The zero-order chi connectivity index (χ0) is 18.4. The molecule has 0 unspecified atom stereocenters. The second kappa shape index (κ2) is 8.55. The smallest absolute Gasteiger partial charge is 0.275 e. The molecule has 130 valence electrons. The molecule has 0 saturated heterocycles. The van der Waals surface area contributed by atoms with Crippen LogP contribution in [-0.4, -0.2) is 24.3 Å². The van der Waals surface area contributed by atoms with Crippen molar-refractivity contribution in [1.82, 2.24) is 5.43 Å². The fraction of sp³-hybridized carbons (Fsp3) is 0.111. The molecule has 0 bridgehead atoms. The lowest BCUT2D eigenvalue weighted by molar-refractivity contribution is 0.0952. The summed E-state index contributed by atoms with van der Waals surface area (Å²) in [6.07, 6.45) is 3.56. The van der Waals surface area contributed by atoms with Gasteiger partial charge in [-0.25, -0.2) is 5.43 Å². The molecule has 0 saturated carbocycles. The Hall–Kier alpha value is -2.50. The number of carbonyl (C=O) groups excluding carboxylic acids is 1. The van der Waals surface area contributed by atoms with Gasteiger partial charge in [0.15, 0.2) is 0 Å². The molecule has 0 aliphatic heterocycles. The van der Waals surface area contributed by atoms with E-state index in [-0.39, 0.29) is 22.1 Å². The van der Waals surface area contributed by atoms with E-state index in [0.29, 0.717) is 22.6 Å². The van der Waals surface area contributed by atoms with Gasteiger partial charge in [0, 0.05) is 10.6 Å². The first-order valence-electron chi connectivity index (χ1n) is 7.26. The Labute approximate surface area is 155 Å². The summed E-state index contributed by atoms with van der Waals surface area (Å²) in [6, 6.07) is 8.14. The third-order valence-corrected chi connectivity index (χ3v) is 3.84. The maximum atomic E-state index is 12.3. The van der Waals surface area contributed by atoms with Crippen molar-refractivity contribution in [3.8, 4) is 11.5 Å². The molecule has 2 rings (SSSR count). The van der Waals surface area contributed by atoms with Crippen LogP contribution >= 0.6 is 23.2 Å². The lowest BCUT2D eigenvalue weighted by Gasteiger charge is -2.09. The molecule has 0 aromatic heterocycles. The van der Waals surface area contributed by atoms with Crippen molar-refractivity contribution < 1.29 is 14.6 Å². The average molecular weight is 379 g/mol. The monoisotopic (exact) mass is 378 g/mol. The molecule has 0 radical (unpaired) electrons. The molecule has 5 nitrogen and oxygen atoms in total. The molecule has 2 N–H and O–H groups in total. The molecular formula is C18H16Cl2N2O3. The van der Waals surface area contributed by atoms with Gasteiger partial charge in [0.05, 0.1) is 23.9 Å². The number of aromatic hydroxyl groups is 1. The molecule has 2 aromatic carbocycles. The number of phenols is 1. The van der Waals surface area contributed by atoms with Crippen molar-refractivity contribution in [2.75, 3.05) is 7.11 Å². The number of nitrogens with zero attached hydrogens (tertiary/aromatic N) is 1. The third-order valence-electron chi connectivity index (χ3n) is 3.34. The summed E-state index contributed by atoms with van der Waals surface area (Å²) in [5.41, 5.74) is 3.70. The van der Waals surface area contributed by atoms with Crippen molar-refractivity contribution in [3.63, 3.8) is 0 Å². The zero-order valence-electron chi connectivity index (χ0n) is 13.4. The molecule has 7 heteroatoms. The Morgan fingerprint density at radius 1 is 1.40 bits per heavy atom. The number of benzene rings is 2. The van der Waals surface area contributed by atoms with Crippen LogP contribution in [0.2, 0.25) is 10.0 Å². The first-order valence-corrected chi connectivity index (χ1v) is 8.01. The van der Waals surface area contributed by atoms with Crippen molar-refractivity contribution >= 4 is 35.3 Å². The van der Waals surface area contributed by atoms with E-state index < -0.39 is 5.91 Å². The minimum absolute atomic E-state index is 0.0868. The second-order valence-corrected chi connectivity index (χ2v) is 5.86. The van der Waals surface area contributed by atoms with Crippen LogP contribution < -0.4 is 10.2 Å². The Morgan fingerprint density at radius 3 is 2.84 bits per heavy atom. The lowest BCUT2D eigenvalue weighted by Crippen LogP contribution is -2.18. The Kier molecular flexibility index (Phi) is 6.44. The van der Waals surface area contributed by atoms with Crippen molar-refractivity contribution in [1.29, 1.82) is 0 Å². The highest BCUT2D eigenvalue weighted by molar-refractivity contribution is 6.36. The molecule has 0 heterocycles. The zero-order valence-corrected chi connectivity index (χ0v) is 14.9. The molecular weight excluding hydrogens is 363 g/mol. The third kappa shape index (κ3) is 4.53. The van der Waals surface area contributed by atoms with Crippen LogP contribution in [0.25, 0.3) is 0 Å². The quantitative estimate of drug-likeness (QED) is 0.449. The number of halogens is 2. The van der Waals surface area contributed by atoms with Gasteiger partial charge in [-0.2, -0.15) is 5.10 Å². The number of hydrazone groups is 1. The standard InChI is InChI=1S/C18H16Cl2N2O3/c1-3-5-11-6-4-7-12(16(11)23)10-21-22-18(24)14-8-13(19)9-15(20)17(14)25-2/h3-4,6-10,23H,1,5H2,2H3,(H,22,24)/b21-10+. The molecule has 0 fully saturated rings. The van der Waals surface area contributed by atoms with E-state index in [0.717, 1.165) is 0 Å². The van der Waals surface area contributed by atoms with Gasteiger partial charge < -0.3 is 9.84 Å².